The Bertz CT molecular complexity index is 1400. The number of nitrogens with one attached hydrogen (secondary N) is 2. The molecule has 1 aromatic heterocycles. The van der Waals surface area contributed by atoms with Crippen molar-refractivity contribution in [1.29, 1.82) is 0 Å². The van der Waals surface area contributed by atoms with Gasteiger partial charge in [-0.05, 0) is 61.7 Å². The zero-order valence-electron chi connectivity index (χ0n) is 16.3. The third-order valence-corrected chi connectivity index (χ3v) is 6.82. The van der Waals surface area contributed by atoms with Crippen LogP contribution in [0.2, 0.25) is 0 Å². The molecule has 0 unspecified atom stereocenters. The number of para-hydroxylation sites is 1. The van der Waals surface area contributed by atoms with E-state index in [-0.39, 0.29) is 16.8 Å². The maximum atomic E-state index is 12.9. The molecule has 0 atom stereocenters. The number of aryl methyl sites for hydroxylation is 1. The van der Waals surface area contributed by atoms with Gasteiger partial charge in [0.05, 0.1) is 4.90 Å². The highest BCUT2D eigenvalue weighted by molar-refractivity contribution is 7.89. The molecule has 0 radical (unpaired) electrons. The van der Waals surface area contributed by atoms with E-state index in [1.165, 1.54) is 12.1 Å². The Morgan fingerprint density at radius 2 is 1.73 bits per heavy atom. The molecule has 3 aromatic carbocycles. The molecule has 1 aliphatic carbocycles. The van der Waals surface area contributed by atoms with Crippen LogP contribution in [-0.2, 0) is 10.0 Å². The van der Waals surface area contributed by atoms with E-state index in [0.29, 0.717) is 16.8 Å². The van der Waals surface area contributed by atoms with Gasteiger partial charge in [0.15, 0.2) is 0 Å². The number of carbonyl (C=O) groups excluding carboxylic acids is 1. The van der Waals surface area contributed by atoms with Crippen LogP contribution in [-0.4, -0.2) is 20.4 Å². The molecule has 7 heteroatoms. The molecular weight excluding hydrogens is 400 g/mol. The number of hydrogen-bond donors (Lipinski definition) is 2. The van der Waals surface area contributed by atoms with Crippen molar-refractivity contribution in [2.45, 2.75) is 30.7 Å². The number of fused-ring (bicyclic) bond motifs is 3. The molecule has 1 aliphatic rings. The standard InChI is InChI=1S/C23H20N2O4S/c1-14-6-10-17(30(27,28)25-15-7-8-15)13-19(14)23(26)24-16-9-11-22-20(12-16)18-4-2-3-5-21(18)29-22/h2-6,9-13,15,25H,7-8H2,1H3,(H,24,26). The second kappa shape index (κ2) is 6.97. The van der Waals surface area contributed by atoms with Crippen LogP contribution in [0.25, 0.3) is 21.9 Å². The fourth-order valence-electron chi connectivity index (χ4n) is 3.50. The Hall–Kier alpha value is -3.16. The largest absolute Gasteiger partial charge is 0.456 e. The van der Waals surface area contributed by atoms with Crippen molar-refractivity contribution in [2.24, 2.45) is 0 Å². The average Bonchev–Trinajstić information content (AvgIpc) is 3.45. The van der Waals surface area contributed by atoms with Crippen molar-refractivity contribution in [2.75, 3.05) is 5.32 Å². The Morgan fingerprint density at radius 3 is 2.53 bits per heavy atom. The van der Waals surface area contributed by atoms with Crippen LogP contribution in [0.3, 0.4) is 0 Å². The van der Waals surface area contributed by atoms with E-state index >= 15 is 0 Å². The first-order chi connectivity index (χ1) is 14.4. The summed E-state index contributed by atoms with van der Waals surface area (Å²) >= 11 is 0. The number of anilines is 1. The molecular formula is C23H20N2O4S. The van der Waals surface area contributed by atoms with Gasteiger partial charge in [0, 0.05) is 28.1 Å². The zero-order valence-corrected chi connectivity index (χ0v) is 17.1. The summed E-state index contributed by atoms with van der Waals surface area (Å²) in [7, 11) is -3.63. The minimum absolute atomic E-state index is 0.00471. The van der Waals surface area contributed by atoms with E-state index in [1.54, 1.807) is 19.1 Å². The Kier molecular flexibility index (Phi) is 4.38. The monoisotopic (exact) mass is 420 g/mol. The summed E-state index contributed by atoms with van der Waals surface area (Å²) in [5.41, 5.74) is 3.17. The quantitative estimate of drug-likeness (QED) is 0.494. The minimum Gasteiger partial charge on any atom is -0.456 e. The lowest BCUT2D eigenvalue weighted by Crippen LogP contribution is -2.26. The lowest BCUT2D eigenvalue weighted by atomic mass is 10.1. The van der Waals surface area contributed by atoms with Crippen LogP contribution in [0.1, 0.15) is 28.8 Å². The maximum absolute atomic E-state index is 12.9. The molecule has 0 spiro atoms. The van der Waals surface area contributed by atoms with Crippen molar-refractivity contribution in [3.05, 3.63) is 71.8 Å². The first-order valence-electron chi connectivity index (χ1n) is 9.76. The van der Waals surface area contributed by atoms with Gasteiger partial charge >= 0.3 is 0 Å². The van der Waals surface area contributed by atoms with Gasteiger partial charge in [-0.25, -0.2) is 13.1 Å². The fraction of sp³-hybridized carbons (Fsp3) is 0.174. The second-order valence-electron chi connectivity index (χ2n) is 7.64. The molecule has 0 saturated heterocycles. The van der Waals surface area contributed by atoms with Crippen molar-refractivity contribution in [3.63, 3.8) is 0 Å². The Morgan fingerprint density at radius 1 is 0.967 bits per heavy atom. The van der Waals surface area contributed by atoms with Crippen LogP contribution in [0.4, 0.5) is 5.69 Å². The van der Waals surface area contributed by atoms with Crippen molar-refractivity contribution < 1.29 is 17.6 Å². The van der Waals surface area contributed by atoms with Crippen LogP contribution in [0, 0.1) is 6.92 Å². The molecule has 1 saturated carbocycles. The highest BCUT2D eigenvalue weighted by Crippen LogP contribution is 2.31. The second-order valence-corrected chi connectivity index (χ2v) is 9.35. The van der Waals surface area contributed by atoms with Gasteiger partial charge in [0.1, 0.15) is 11.2 Å². The van der Waals surface area contributed by atoms with E-state index in [9.17, 15) is 13.2 Å². The smallest absolute Gasteiger partial charge is 0.255 e. The first kappa shape index (κ1) is 18.8. The number of carbonyl (C=O) groups is 1. The zero-order chi connectivity index (χ0) is 20.9. The normalized spacial score (nSPS) is 14.3. The summed E-state index contributed by atoms with van der Waals surface area (Å²) in [5.74, 6) is -0.358. The summed E-state index contributed by atoms with van der Waals surface area (Å²) in [4.78, 5) is 13.0. The summed E-state index contributed by atoms with van der Waals surface area (Å²) < 4.78 is 33.5. The molecule has 30 heavy (non-hydrogen) atoms. The number of rotatable bonds is 5. The van der Waals surface area contributed by atoms with Crippen LogP contribution < -0.4 is 10.0 Å². The first-order valence-corrected chi connectivity index (χ1v) is 11.2. The van der Waals surface area contributed by atoms with Crippen molar-refractivity contribution in [1.82, 2.24) is 4.72 Å². The molecule has 1 heterocycles. The van der Waals surface area contributed by atoms with Crippen LogP contribution in [0.15, 0.2) is 70.0 Å². The van der Waals surface area contributed by atoms with E-state index in [4.69, 9.17) is 4.42 Å². The van der Waals surface area contributed by atoms with Gasteiger partial charge in [0.2, 0.25) is 10.0 Å². The van der Waals surface area contributed by atoms with Gasteiger partial charge in [-0.3, -0.25) is 4.79 Å². The van der Waals surface area contributed by atoms with E-state index in [0.717, 1.165) is 34.8 Å². The lowest BCUT2D eigenvalue weighted by Gasteiger charge is -2.11. The number of benzene rings is 3. The molecule has 1 fully saturated rings. The van der Waals surface area contributed by atoms with Gasteiger partial charge in [0.25, 0.3) is 5.91 Å². The third kappa shape index (κ3) is 3.46. The SMILES string of the molecule is Cc1ccc(S(=O)(=O)NC2CC2)cc1C(=O)Nc1ccc2oc3ccccc3c2c1. The number of hydrogen-bond acceptors (Lipinski definition) is 4. The summed E-state index contributed by atoms with van der Waals surface area (Å²) in [6, 6.07) is 17.8. The van der Waals surface area contributed by atoms with Gasteiger partial charge < -0.3 is 9.73 Å². The maximum Gasteiger partial charge on any atom is 0.255 e. The molecule has 4 aromatic rings. The van der Waals surface area contributed by atoms with E-state index in [1.807, 2.05) is 36.4 Å². The molecule has 0 aliphatic heterocycles. The molecule has 0 bridgehead atoms. The van der Waals surface area contributed by atoms with Gasteiger partial charge in [-0.2, -0.15) is 0 Å². The molecule has 152 valence electrons. The summed E-state index contributed by atoms with van der Waals surface area (Å²) in [5, 5.41) is 4.76. The number of furan rings is 1. The molecule has 2 N–H and O–H groups in total. The van der Waals surface area contributed by atoms with Crippen LogP contribution in [0.5, 0.6) is 0 Å². The summed E-state index contributed by atoms with van der Waals surface area (Å²) in [6.07, 6.45) is 1.70. The van der Waals surface area contributed by atoms with Crippen LogP contribution >= 0.6 is 0 Å². The highest BCUT2D eigenvalue weighted by Gasteiger charge is 2.28. The molecule has 5 rings (SSSR count). The highest BCUT2D eigenvalue weighted by atomic mass is 32.2. The third-order valence-electron chi connectivity index (χ3n) is 5.30. The summed E-state index contributed by atoms with van der Waals surface area (Å²) in [6.45, 7) is 1.78. The van der Waals surface area contributed by atoms with Gasteiger partial charge in [-0.1, -0.05) is 24.3 Å². The van der Waals surface area contributed by atoms with E-state index < -0.39 is 10.0 Å². The predicted molar refractivity (Wildman–Crippen MR) is 116 cm³/mol. The molecule has 1 amide bonds. The lowest BCUT2D eigenvalue weighted by molar-refractivity contribution is 0.102. The van der Waals surface area contributed by atoms with Crippen molar-refractivity contribution in [3.8, 4) is 0 Å². The average molecular weight is 420 g/mol. The van der Waals surface area contributed by atoms with E-state index in [2.05, 4.69) is 10.0 Å². The topological polar surface area (TPSA) is 88.4 Å². The van der Waals surface area contributed by atoms with Gasteiger partial charge in [-0.15, -0.1) is 0 Å². The number of sulfonamides is 1. The van der Waals surface area contributed by atoms with Crippen molar-refractivity contribution >= 4 is 43.6 Å². The fourth-order valence-corrected chi connectivity index (χ4v) is 4.83. The number of amides is 1. The Balaban J connectivity index is 1.46. The Labute approximate surface area is 173 Å². The minimum atomic E-state index is -3.63. The predicted octanol–water partition coefficient (Wildman–Crippen LogP) is 4.59. The molecule has 6 nitrogen and oxygen atoms in total.